The first-order valence-electron chi connectivity index (χ1n) is 5.92. The Morgan fingerprint density at radius 2 is 2.00 bits per heavy atom. The Bertz CT molecular complexity index is 309. The zero-order valence-electron chi connectivity index (χ0n) is 9.78. The summed E-state index contributed by atoms with van der Waals surface area (Å²) in [5.41, 5.74) is 0.526. The molecule has 0 spiro atoms. The molecule has 0 amide bonds. The first kappa shape index (κ1) is 11.7. The van der Waals surface area contributed by atoms with Crippen LogP contribution in [0.25, 0.3) is 0 Å². The largest absolute Gasteiger partial charge is 0.498 e. The van der Waals surface area contributed by atoms with E-state index in [9.17, 15) is 10.2 Å². The van der Waals surface area contributed by atoms with Gasteiger partial charge < -0.3 is 14.9 Å². The van der Waals surface area contributed by atoms with E-state index in [2.05, 4.69) is 0 Å². The number of ether oxygens (including phenoxy) is 1. The van der Waals surface area contributed by atoms with Gasteiger partial charge in [0.1, 0.15) is 0 Å². The van der Waals surface area contributed by atoms with Crippen molar-refractivity contribution in [2.75, 3.05) is 19.8 Å². The molecule has 0 atom stereocenters. The fourth-order valence-corrected chi connectivity index (χ4v) is 2.06. The molecule has 1 saturated carbocycles. The van der Waals surface area contributed by atoms with Crippen molar-refractivity contribution in [1.29, 1.82) is 0 Å². The van der Waals surface area contributed by atoms with E-state index in [0.29, 0.717) is 0 Å². The fraction of sp³-hybridized carbons (Fsp3) is 0.692. The van der Waals surface area contributed by atoms with Gasteiger partial charge in [-0.25, -0.2) is 0 Å². The molecule has 3 heteroatoms. The molecule has 0 unspecified atom stereocenters. The molecule has 16 heavy (non-hydrogen) atoms. The first-order valence-corrected chi connectivity index (χ1v) is 5.92. The van der Waals surface area contributed by atoms with Crippen LogP contribution in [-0.2, 0) is 4.74 Å². The summed E-state index contributed by atoms with van der Waals surface area (Å²) >= 11 is 0. The second-order valence-corrected chi connectivity index (χ2v) is 5.08. The number of aliphatic hydroxyl groups excluding tert-OH is 2. The number of aliphatic hydroxyl groups is 2. The Morgan fingerprint density at radius 3 is 2.56 bits per heavy atom. The van der Waals surface area contributed by atoms with Crippen LogP contribution in [0.5, 0.6) is 0 Å². The van der Waals surface area contributed by atoms with Gasteiger partial charge in [0.25, 0.3) is 0 Å². The normalized spacial score (nSPS) is 23.7. The maximum atomic E-state index is 9.36. The molecule has 0 aromatic carbocycles. The summed E-state index contributed by atoms with van der Waals surface area (Å²) in [5, 5.41) is 18.7. The lowest BCUT2D eigenvalue weighted by Gasteiger charge is -2.29. The van der Waals surface area contributed by atoms with E-state index in [4.69, 9.17) is 4.74 Å². The Labute approximate surface area is 96.4 Å². The van der Waals surface area contributed by atoms with E-state index >= 15 is 0 Å². The lowest BCUT2D eigenvalue weighted by Crippen LogP contribution is -2.28. The van der Waals surface area contributed by atoms with E-state index in [1.807, 2.05) is 19.1 Å². The minimum atomic E-state index is -0.624. The molecule has 90 valence electrons. The molecule has 2 aliphatic rings. The molecule has 0 bridgehead atoms. The van der Waals surface area contributed by atoms with Crippen LogP contribution in [-0.4, -0.2) is 30.0 Å². The van der Waals surface area contributed by atoms with Gasteiger partial charge >= 0.3 is 0 Å². The van der Waals surface area contributed by atoms with Crippen molar-refractivity contribution in [3.8, 4) is 0 Å². The number of hydrogen-bond donors (Lipinski definition) is 2. The fourth-order valence-electron chi connectivity index (χ4n) is 2.06. The molecule has 2 rings (SSSR count). The average molecular weight is 224 g/mol. The summed E-state index contributed by atoms with van der Waals surface area (Å²) in [7, 11) is 0. The van der Waals surface area contributed by atoms with Crippen LogP contribution >= 0.6 is 0 Å². The summed E-state index contributed by atoms with van der Waals surface area (Å²) in [6, 6.07) is 0. The number of allylic oxidation sites excluding steroid dienone is 1. The lowest BCUT2D eigenvalue weighted by molar-refractivity contribution is 0.115. The summed E-state index contributed by atoms with van der Waals surface area (Å²) in [5.74, 6) is 1.62. The maximum absolute atomic E-state index is 9.36. The van der Waals surface area contributed by atoms with E-state index in [-0.39, 0.29) is 13.2 Å². The molecule has 2 N–H and O–H groups in total. The molecule has 0 aromatic rings. The highest BCUT2D eigenvalue weighted by molar-refractivity contribution is 5.26. The summed E-state index contributed by atoms with van der Waals surface area (Å²) < 4.78 is 5.73. The summed E-state index contributed by atoms with van der Waals surface area (Å²) in [4.78, 5) is 0. The highest BCUT2D eigenvalue weighted by atomic mass is 16.5. The van der Waals surface area contributed by atoms with Gasteiger partial charge in [-0.2, -0.15) is 0 Å². The van der Waals surface area contributed by atoms with Gasteiger partial charge in [0.05, 0.1) is 31.0 Å². The van der Waals surface area contributed by atoms with E-state index in [1.54, 1.807) is 0 Å². The second-order valence-electron chi connectivity index (χ2n) is 5.08. The van der Waals surface area contributed by atoms with Crippen LogP contribution in [0.15, 0.2) is 23.5 Å². The van der Waals surface area contributed by atoms with Gasteiger partial charge in [0, 0.05) is 6.42 Å². The van der Waals surface area contributed by atoms with Gasteiger partial charge in [-0.15, -0.1) is 0 Å². The van der Waals surface area contributed by atoms with Crippen LogP contribution in [0.3, 0.4) is 0 Å². The van der Waals surface area contributed by atoms with Crippen LogP contribution in [0.1, 0.15) is 26.2 Å². The minimum Gasteiger partial charge on any atom is -0.498 e. The highest BCUT2D eigenvalue weighted by Gasteiger charge is 2.29. The third-order valence-corrected chi connectivity index (χ3v) is 3.23. The zero-order valence-corrected chi connectivity index (χ0v) is 9.78. The molecular formula is C13H20O3. The van der Waals surface area contributed by atoms with Crippen LogP contribution in [0.2, 0.25) is 0 Å². The Kier molecular flexibility index (Phi) is 3.36. The van der Waals surface area contributed by atoms with Gasteiger partial charge in [0.2, 0.25) is 0 Å². The van der Waals surface area contributed by atoms with Gasteiger partial charge in [-0.05, 0) is 31.8 Å². The predicted octanol–water partition coefficient (Wildman–Crippen LogP) is 1.62. The SMILES string of the molecule is CC1=CC(CO)(CO)C=C(OCC2CC2)C1. The molecular weight excluding hydrogens is 204 g/mol. The van der Waals surface area contributed by atoms with E-state index in [1.165, 1.54) is 12.8 Å². The van der Waals surface area contributed by atoms with Crippen molar-refractivity contribution in [2.24, 2.45) is 11.3 Å². The number of hydrogen-bond acceptors (Lipinski definition) is 3. The third kappa shape index (κ3) is 2.66. The van der Waals surface area contributed by atoms with Crippen molar-refractivity contribution in [3.05, 3.63) is 23.5 Å². The average Bonchev–Trinajstić information content (AvgIpc) is 3.09. The third-order valence-electron chi connectivity index (χ3n) is 3.23. The predicted molar refractivity (Wildman–Crippen MR) is 61.7 cm³/mol. The van der Waals surface area contributed by atoms with Crippen molar-refractivity contribution in [3.63, 3.8) is 0 Å². The van der Waals surface area contributed by atoms with Crippen molar-refractivity contribution in [1.82, 2.24) is 0 Å². The quantitative estimate of drug-likeness (QED) is 0.698. The Morgan fingerprint density at radius 1 is 1.31 bits per heavy atom. The molecule has 0 aliphatic heterocycles. The molecule has 3 nitrogen and oxygen atoms in total. The van der Waals surface area contributed by atoms with Gasteiger partial charge in [0.15, 0.2) is 0 Å². The van der Waals surface area contributed by atoms with Crippen LogP contribution in [0, 0.1) is 11.3 Å². The molecule has 1 fully saturated rings. The molecule has 0 aromatic heterocycles. The van der Waals surface area contributed by atoms with Crippen LogP contribution < -0.4 is 0 Å². The smallest absolute Gasteiger partial charge is 0.0970 e. The van der Waals surface area contributed by atoms with Crippen molar-refractivity contribution < 1.29 is 14.9 Å². The first-order chi connectivity index (χ1) is 7.67. The Hall–Kier alpha value is -0.800. The maximum Gasteiger partial charge on any atom is 0.0970 e. The van der Waals surface area contributed by atoms with Crippen LogP contribution in [0.4, 0.5) is 0 Å². The zero-order chi connectivity index (χ0) is 11.6. The van der Waals surface area contributed by atoms with E-state index in [0.717, 1.165) is 30.3 Å². The minimum absolute atomic E-state index is 0.0723. The highest BCUT2D eigenvalue weighted by Crippen LogP contribution is 2.34. The summed E-state index contributed by atoms with van der Waals surface area (Å²) in [6.45, 7) is 2.65. The number of rotatable bonds is 5. The molecule has 2 aliphatic carbocycles. The van der Waals surface area contributed by atoms with Gasteiger partial charge in [-0.1, -0.05) is 11.6 Å². The lowest BCUT2D eigenvalue weighted by atomic mass is 9.82. The van der Waals surface area contributed by atoms with Crippen molar-refractivity contribution in [2.45, 2.75) is 26.2 Å². The molecule has 0 radical (unpaired) electrons. The topological polar surface area (TPSA) is 49.7 Å². The summed E-state index contributed by atoms with van der Waals surface area (Å²) in [6.07, 6.45) is 7.16. The Balaban J connectivity index is 2.03. The molecule has 0 heterocycles. The van der Waals surface area contributed by atoms with Gasteiger partial charge in [-0.3, -0.25) is 0 Å². The monoisotopic (exact) mass is 224 g/mol. The standard InChI is InChI=1S/C13H20O3/c1-10-4-12(16-7-11-2-3-11)6-13(5-10,8-14)9-15/h5-6,11,14-15H,2-4,7-9H2,1H3. The van der Waals surface area contributed by atoms with E-state index < -0.39 is 5.41 Å². The second kappa shape index (κ2) is 4.60. The van der Waals surface area contributed by atoms with Crippen molar-refractivity contribution >= 4 is 0 Å². The molecule has 0 saturated heterocycles.